The molecule has 0 bridgehead atoms. The van der Waals surface area contributed by atoms with E-state index in [4.69, 9.17) is 0 Å². The molecule has 0 atom stereocenters. The van der Waals surface area contributed by atoms with E-state index in [0.717, 1.165) is 18.3 Å². The topological polar surface area (TPSA) is 29.9 Å². The summed E-state index contributed by atoms with van der Waals surface area (Å²) in [6.07, 6.45) is -1.05. The number of benzene rings is 1. The minimum atomic E-state index is -4.35. The quantitative estimate of drug-likeness (QED) is 0.920. The number of rotatable bonds is 4. The van der Waals surface area contributed by atoms with Crippen molar-refractivity contribution in [1.82, 2.24) is 9.55 Å². The number of nitrogens with zero attached hydrogens (tertiary/aromatic N) is 2. The van der Waals surface area contributed by atoms with Crippen molar-refractivity contribution >= 4 is 5.69 Å². The van der Waals surface area contributed by atoms with Crippen LogP contribution in [-0.2, 0) is 19.3 Å². The van der Waals surface area contributed by atoms with Crippen molar-refractivity contribution in [3.63, 3.8) is 0 Å². The molecule has 0 aliphatic rings. The second-order valence-corrected chi connectivity index (χ2v) is 4.07. The monoisotopic (exact) mass is 269 g/mol. The van der Waals surface area contributed by atoms with Crippen molar-refractivity contribution in [2.45, 2.75) is 26.2 Å². The summed E-state index contributed by atoms with van der Waals surface area (Å²) in [6, 6.07) is 5.45. The van der Waals surface area contributed by atoms with E-state index in [9.17, 15) is 13.2 Å². The number of aromatic nitrogens is 2. The minimum Gasteiger partial charge on any atom is -0.379 e. The molecule has 102 valence electrons. The second kappa shape index (κ2) is 5.34. The molecular weight excluding hydrogens is 255 g/mol. The van der Waals surface area contributed by atoms with Crippen LogP contribution in [0.2, 0.25) is 0 Å². The lowest BCUT2D eigenvalue weighted by molar-refractivity contribution is -0.136. The number of hydrogen-bond donors (Lipinski definition) is 1. The van der Waals surface area contributed by atoms with Crippen molar-refractivity contribution in [1.29, 1.82) is 0 Å². The molecule has 0 radical (unpaired) electrons. The van der Waals surface area contributed by atoms with Crippen LogP contribution in [0, 0.1) is 0 Å². The van der Waals surface area contributed by atoms with Crippen molar-refractivity contribution in [3.8, 4) is 0 Å². The lowest BCUT2D eigenvalue weighted by Crippen LogP contribution is -2.12. The number of hydrogen-bond acceptors (Lipinski definition) is 2. The van der Waals surface area contributed by atoms with Crippen LogP contribution in [0.5, 0.6) is 0 Å². The average Bonchev–Trinajstić information content (AvgIpc) is 2.83. The summed E-state index contributed by atoms with van der Waals surface area (Å²) < 4.78 is 40.3. The first-order chi connectivity index (χ1) is 9.02. The van der Waals surface area contributed by atoms with Crippen molar-refractivity contribution in [2.75, 3.05) is 5.32 Å². The number of halogens is 3. The Balaban J connectivity index is 2.16. The maximum atomic E-state index is 12.8. The molecule has 0 unspecified atom stereocenters. The van der Waals surface area contributed by atoms with Gasteiger partial charge in [0.2, 0.25) is 0 Å². The molecule has 0 amide bonds. The fourth-order valence-electron chi connectivity index (χ4n) is 1.85. The zero-order valence-corrected chi connectivity index (χ0v) is 10.4. The molecule has 0 aliphatic heterocycles. The van der Waals surface area contributed by atoms with Crippen LogP contribution in [-0.4, -0.2) is 9.55 Å². The van der Waals surface area contributed by atoms with Gasteiger partial charge in [0.25, 0.3) is 0 Å². The molecule has 3 nitrogen and oxygen atoms in total. The van der Waals surface area contributed by atoms with Gasteiger partial charge < -0.3 is 9.88 Å². The highest BCUT2D eigenvalue weighted by Gasteiger charge is 2.33. The summed E-state index contributed by atoms with van der Waals surface area (Å²) in [7, 11) is 0. The van der Waals surface area contributed by atoms with Crippen LogP contribution in [0.25, 0.3) is 0 Å². The Morgan fingerprint density at radius 1 is 1.26 bits per heavy atom. The highest BCUT2D eigenvalue weighted by Crippen LogP contribution is 2.34. The molecule has 2 rings (SSSR count). The highest BCUT2D eigenvalue weighted by atomic mass is 19.4. The Kier molecular flexibility index (Phi) is 3.78. The van der Waals surface area contributed by atoms with Crippen LogP contribution in [0.3, 0.4) is 0 Å². The maximum Gasteiger partial charge on any atom is 0.418 e. The molecule has 0 saturated carbocycles. The third-order valence-corrected chi connectivity index (χ3v) is 2.83. The van der Waals surface area contributed by atoms with E-state index in [2.05, 4.69) is 10.3 Å². The van der Waals surface area contributed by atoms with Gasteiger partial charge in [0.05, 0.1) is 24.1 Å². The molecule has 19 heavy (non-hydrogen) atoms. The van der Waals surface area contributed by atoms with E-state index in [0.29, 0.717) is 6.54 Å². The largest absolute Gasteiger partial charge is 0.418 e. The number of imidazole rings is 1. The molecule has 0 spiro atoms. The third-order valence-electron chi connectivity index (χ3n) is 2.83. The van der Waals surface area contributed by atoms with Crippen LogP contribution in [0.1, 0.15) is 18.2 Å². The van der Waals surface area contributed by atoms with Gasteiger partial charge in [0, 0.05) is 18.4 Å². The van der Waals surface area contributed by atoms with Gasteiger partial charge in [-0.2, -0.15) is 13.2 Å². The van der Waals surface area contributed by atoms with Gasteiger partial charge in [-0.25, -0.2) is 4.98 Å². The third kappa shape index (κ3) is 3.07. The van der Waals surface area contributed by atoms with Gasteiger partial charge in [-0.05, 0) is 19.1 Å². The smallest absolute Gasteiger partial charge is 0.379 e. The minimum absolute atomic E-state index is 0.0823. The molecule has 1 aromatic carbocycles. The predicted octanol–water partition coefficient (Wildman–Crippen LogP) is 3.53. The van der Waals surface area contributed by atoms with E-state index in [1.54, 1.807) is 18.6 Å². The van der Waals surface area contributed by atoms with Gasteiger partial charge in [-0.3, -0.25) is 0 Å². The molecule has 1 N–H and O–H groups in total. The number of nitrogens with one attached hydrogen (secondary N) is 1. The SMILES string of the molecule is CCn1cncc1CNc1ccccc1C(F)(F)F. The Morgan fingerprint density at radius 3 is 2.68 bits per heavy atom. The van der Waals surface area contributed by atoms with Crippen LogP contribution < -0.4 is 5.32 Å². The molecule has 1 heterocycles. The van der Waals surface area contributed by atoms with Crippen LogP contribution in [0.4, 0.5) is 18.9 Å². The van der Waals surface area contributed by atoms with Gasteiger partial charge in [-0.1, -0.05) is 12.1 Å². The van der Waals surface area contributed by atoms with Crippen molar-refractivity contribution < 1.29 is 13.2 Å². The normalized spacial score (nSPS) is 11.6. The summed E-state index contributed by atoms with van der Waals surface area (Å²) in [6.45, 7) is 2.99. The molecular formula is C13H14F3N3. The molecule has 0 saturated heterocycles. The van der Waals surface area contributed by atoms with Crippen LogP contribution in [0.15, 0.2) is 36.8 Å². The Hall–Kier alpha value is -1.98. The summed E-state index contributed by atoms with van der Waals surface area (Å²) in [5.74, 6) is 0. The van der Waals surface area contributed by atoms with Crippen LogP contribution >= 0.6 is 0 Å². The molecule has 0 aliphatic carbocycles. The van der Waals surface area contributed by atoms with Gasteiger partial charge in [-0.15, -0.1) is 0 Å². The maximum absolute atomic E-state index is 12.8. The zero-order chi connectivity index (χ0) is 13.9. The lowest BCUT2D eigenvalue weighted by atomic mass is 10.1. The summed E-state index contributed by atoms with van der Waals surface area (Å²) in [5.41, 5.74) is 0.274. The fraction of sp³-hybridized carbons (Fsp3) is 0.308. The predicted molar refractivity (Wildman–Crippen MR) is 66.7 cm³/mol. The average molecular weight is 269 g/mol. The first-order valence-corrected chi connectivity index (χ1v) is 5.91. The number of alkyl halides is 3. The molecule has 2 aromatic rings. The Morgan fingerprint density at radius 2 is 2.00 bits per heavy atom. The Bertz CT molecular complexity index is 546. The van der Waals surface area contributed by atoms with E-state index < -0.39 is 11.7 Å². The molecule has 1 aromatic heterocycles. The first kappa shape index (κ1) is 13.5. The van der Waals surface area contributed by atoms with Gasteiger partial charge >= 0.3 is 6.18 Å². The zero-order valence-electron chi connectivity index (χ0n) is 10.4. The van der Waals surface area contributed by atoms with Gasteiger partial charge in [0.15, 0.2) is 0 Å². The lowest BCUT2D eigenvalue weighted by Gasteiger charge is -2.14. The summed E-state index contributed by atoms with van der Waals surface area (Å²) in [4.78, 5) is 3.98. The summed E-state index contributed by atoms with van der Waals surface area (Å²) in [5, 5.41) is 2.82. The second-order valence-electron chi connectivity index (χ2n) is 4.07. The molecule has 6 heteroatoms. The molecule has 0 fully saturated rings. The number of anilines is 1. The van der Waals surface area contributed by atoms with E-state index in [-0.39, 0.29) is 5.69 Å². The van der Waals surface area contributed by atoms with E-state index in [1.165, 1.54) is 12.1 Å². The fourth-order valence-corrected chi connectivity index (χ4v) is 1.85. The summed E-state index contributed by atoms with van der Waals surface area (Å²) >= 11 is 0. The standard InChI is InChI=1S/C13H14F3N3/c1-2-19-9-17-7-10(19)8-18-12-6-4-3-5-11(12)13(14,15)16/h3-7,9,18H,2,8H2,1H3. The number of aryl methyl sites for hydroxylation is 1. The first-order valence-electron chi connectivity index (χ1n) is 5.91. The van der Waals surface area contributed by atoms with E-state index in [1.807, 2.05) is 11.5 Å². The van der Waals surface area contributed by atoms with E-state index >= 15 is 0 Å². The highest BCUT2D eigenvalue weighted by molar-refractivity contribution is 5.52. The Labute approximate surface area is 109 Å². The van der Waals surface area contributed by atoms with Crippen molar-refractivity contribution in [3.05, 3.63) is 48.0 Å². The van der Waals surface area contributed by atoms with Gasteiger partial charge in [0.1, 0.15) is 0 Å². The number of para-hydroxylation sites is 1. The van der Waals surface area contributed by atoms with Crippen molar-refractivity contribution in [2.24, 2.45) is 0 Å².